The zero-order valence-corrected chi connectivity index (χ0v) is 20.4. The lowest BCUT2D eigenvalue weighted by atomic mass is 10.1. The summed E-state index contributed by atoms with van der Waals surface area (Å²) >= 11 is 3.91. The van der Waals surface area contributed by atoms with Gasteiger partial charge in [-0.25, -0.2) is 4.79 Å². The molecule has 0 spiro atoms. The van der Waals surface area contributed by atoms with Gasteiger partial charge in [-0.2, -0.15) is 12.6 Å². The molecule has 4 atom stereocenters. The quantitative estimate of drug-likeness (QED) is 0.0349. The number of nitrogens with zero attached hydrogens (tertiary/aromatic N) is 1. The highest BCUT2D eigenvalue weighted by Gasteiger charge is 2.30. The van der Waals surface area contributed by atoms with E-state index in [4.69, 9.17) is 28.0 Å². The van der Waals surface area contributed by atoms with E-state index in [-0.39, 0.29) is 43.9 Å². The molecule has 0 aliphatic carbocycles. The van der Waals surface area contributed by atoms with Crippen LogP contribution >= 0.6 is 12.6 Å². The van der Waals surface area contributed by atoms with Crippen LogP contribution in [0.3, 0.4) is 0 Å². The maximum Gasteiger partial charge on any atom is 0.326 e. The summed E-state index contributed by atoms with van der Waals surface area (Å²) in [5.74, 6) is -6.22. The number of carboxylic acid groups (broad SMARTS) is 2. The lowest BCUT2D eigenvalue weighted by Crippen LogP contribution is -2.57. The Balaban J connectivity index is 5.66. The summed E-state index contributed by atoms with van der Waals surface area (Å²) in [7, 11) is 0. The minimum Gasteiger partial charge on any atom is -0.481 e. The average Bonchev–Trinajstić information content (AvgIpc) is 2.79. The first kappa shape index (κ1) is 32.4. The Morgan fingerprint density at radius 1 is 0.778 bits per heavy atom. The topological polar surface area (TPSA) is 295 Å². The minimum atomic E-state index is -1.54. The number of hydrogen-bond acceptors (Lipinski definition) is 9. The second-order valence-electron chi connectivity index (χ2n) is 7.70. The Morgan fingerprint density at radius 2 is 1.28 bits per heavy atom. The van der Waals surface area contributed by atoms with Gasteiger partial charge in [0.15, 0.2) is 5.96 Å². The van der Waals surface area contributed by atoms with Crippen molar-refractivity contribution in [2.75, 3.05) is 12.3 Å². The van der Waals surface area contributed by atoms with Gasteiger partial charge in [-0.3, -0.25) is 29.0 Å². The van der Waals surface area contributed by atoms with Gasteiger partial charge in [0.05, 0.1) is 6.04 Å². The van der Waals surface area contributed by atoms with Gasteiger partial charge in [0, 0.05) is 25.1 Å². The molecule has 0 fully saturated rings. The second-order valence-corrected chi connectivity index (χ2v) is 8.06. The van der Waals surface area contributed by atoms with E-state index in [9.17, 15) is 33.9 Å². The fourth-order valence-corrected chi connectivity index (χ4v) is 2.93. The van der Waals surface area contributed by atoms with Crippen molar-refractivity contribution in [1.29, 1.82) is 0 Å². The van der Waals surface area contributed by atoms with Crippen LogP contribution in [-0.4, -0.2) is 88.2 Å². The number of aliphatic carboxylic acids is 2. The van der Waals surface area contributed by atoms with Crippen molar-refractivity contribution in [3.05, 3.63) is 0 Å². The normalized spacial score (nSPS) is 13.8. The van der Waals surface area contributed by atoms with Crippen LogP contribution < -0.4 is 38.9 Å². The highest BCUT2D eigenvalue weighted by Crippen LogP contribution is 2.06. The van der Waals surface area contributed by atoms with Crippen molar-refractivity contribution in [3.8, 4) is 0 Å². The summed E-state index contributed by atoms with van der Waals surface area (Å²) in [4.78, 5) is 75.1. The molecule has 0 aromatic heterocycles. The third-order valence-corrected chi connectivity index (χ3v) is 5.08. The molecule has 16 nitrogen and oxygen atoms in total. The number of amides is 4. The van der Waals surface area contributed by atoms with E-state index in [0.29, 0.717) is 0 Å². The largest absolute Gasteiger partial charge is 0.481 e. The van der Waals surface area contributed by atoms with E-state index in [0.717, 1.165) is 0 Å². The van der Waals surface area contributed by atoms with Crippen molar-refractivity contribution in [1.82, 2.24) is 16.0 Å². The van der Waals surface area contributed by atoms with Gasteiger partial charge in [0.25, 0.3) is 0 Å². The number of hydrogen-bond donors (Lipinski definition) is 10. The number of primary amides is 1. The van der Waals surface area contributed by atoms with Gasteiger partial charge in [-0.15, -0.1) is 0 Å². The predicted molar refractivity (Wildman–Crippen MR) is 130 cm³/mol. The fraction of sp³-hybridized carbons (Fsp3) is 0.632. The van der Waals surface area contributed by atoms with Crippen molar-refractivity contribution in [2.24, 2.45) is 27.9 Å². The highest BCUT2D eigenvalue weighted by atomic mass is 32.1. The van der Waals surface area contributed by atoms with Gasteiger partial charge in [-0.05, 0) is 25.7 Å². The highest BCUT2D eigenvalue weighted by molar-refractivity contribution is 7.80. The molecule has 4 amide bonds. The van der Waals surface area contributed by atoms with Gasteiger partial charge in [0.2, 0.25) is 23.6 Å². The molecule has 0 aromatic carbocycles. The summed E-state index contributed by atoms with van der Waals surface area (Å²) in [5.41, 5.74) is 21.3. The summed E-state index contributed by atoms with van der Waals surface area (Å²) in [5, 5.41) is 25.1. The Labute approximate surface area is 212 Å². The molecule has 0 bridgehead atoms. The third-order valence-electron chi connectivity index (χ3n) is 4.69. The molecule has 0 aliphatic rings. The third kappa shape index (κ3) is 14.0. The summed E-state index contributed by atoms with van der Waals surface area (Å²) in [6.45, 7) is 0.0853. The van der Waals surface area contributed by atoms with Crippen LogP contribution in [0, 0.1) is 0 Å². The zero-order valence-electron chi connectivity index (χ0n) is 19.5. The number of guanidine groups is 1. The number of thiol groups is 1. The summed E-state index contributed by atoms with van der Waals surface area (Å²) < 4.78 is 0. The second kappa shape index (κ2) is 16.9. The summed E-state index contributed by atoms with van der Waals surface area (Å²) in [6.07, 6.45) is -1.26. The first-order valence-corrected chi connectivity index (χ1v) is 11.5. The van der Waals surface area contributed by atoms with Crippen LogP contribution in [0.1, 0.15) is 38.5 Å². The number of nitrogens with two attached hydrogens (primary N) is 4. The number of aliphatic imine (C=N–C) groups is 1. The Hall–Kier alpha value is -3.60. The fourth-order valence-electron chi connectivity index (χ4n) is 2.76. The lowest BCUT2D eigenvalue weighted by molar-refractivity contribution is -0.143. The van der Waals surface area contributed by atoms with Crippen molar-refractivity contribution >= 4 is 54.2 Å². The molecule has 13 N–H and O–H groups in total. The molecule has 0 rings (SSSR count). The Morgan fingerprint density at radius 3 is 1.75 bits per heavy atom. The maximum atomic E-state index is 12.9. The van der Waals surface area contributed by atoms with Crippen LogP contribution in [0.4, 0.5) is 0 Å². The minimum absolute atomic E-state index is 0.0290. The lowest BCUT2D eigenvalue weighted by Gasteiger charge is -2.25. The van der Waals surface area contributed by atoms with E-state index in [1.165, 1.54) is 0 Å². The van der Waals surface area contributed by atoms with E-state index >= 15 is 0 Å². The predicted octanol–water partition coefficient (Wildman–Crippen LogP) is -4.03. The van der Waals surface area contributed by atoms with Gasteiger partial charge in [0.1, 0.15) is 18.1 Å². The molecule has 204 valence electrons. The van der Waals surface area contributed by atoms with E-state index in [2.05, 4.69) is 33.6 Å². The zero-order chi connectivity index (χ0) is 27.8. The monoisotopic (exact) mass is 534 g/mol. The Bertz CT molecular complexity index is 836. The molecular formula is C19H34N8O8S. The van der Waals surface area contributed by atoms with Crippen LogP contribution in [-0.2, 0) is 28.8 Å². The average molecular weight is 535 g/mol. The molecule has 0 saturated heterocycles. The molecule has 0 aliphatic heterocycles. The van der Waals surface area contributed by atoms with E-state index < -0.39 is 72.6 Å². The van der Waals surface area contributed by atoms with Gasteiger partial charge < -0.3 is 49.1 Å². The number of carboxylic acids is 2. The molecule has 0 aromatic rings. The van der Waals surface area contributed by atoms with Crippen LogP contribution in [0.2, 0.25) is 0 Å². The number of nitrogens with one attached hydrogen (secondary N) is 3. The SMILES string of the molecule is NC(=O)CCC(NC(=O)C(N)CS)C(=O)NC(CCCN=C(N)N)C(=O)NC(CCC(=O)O)C(=O)O. The molecule has 0 saturated carbocycles. The number of carbonyl (C=O) groups is 6. The van der Waals surface area contributed by atoms with Crippen molar-refractivity contribution < 1.29 is 39.0 Å². The number of carbonyl (C=O) groups excluding carboxylic acids is 4. The molecule has 36 heavy (non-hydrogen) atoms. The van der Waals surface area contributed by atoms with Crippen LogP contribution in [0.15, 0.2) is 4.99 Å². The Kier molecular flexibility index (Phi) is 15.2. The molecule has 17 heteroatoms. The molecule has 4 unspecified atom stereocenters. The van der Waals surface area contributed by atoms with Gasteiger partial charge in [-0.1, -0.05) is 0 Å². The molecular weight excluding hydrogens is 500 g/mol. The number of rotatable bonds is 18. The van der Waals surface area contributed by atoms with Crippen molar-refractivity contribution in [3.63, 3.8) is 0 Å². The molecule has 0 heterocycles. The maximum absolute atomic E-state index is 12.9. The standard InChI is InChI=1S/C19H34N8O8S/c20-9(8-36)15(31)25-11(3-5-13(21)28)17(33)26-10(2-1-7-24-19(22)23)16(32)27-12(18(34)35)4-6-14(29)30/h9-12,36H,1-8,20H2,(H2,21,28)(H,25,31)(H,26,33)(H,27,32)(H,29,30)(H,34,35)(H4,22,23,24). The van der Waals surface area contributed by atoms with E-state index in [1.54, 1.807) is 0 Å². The first-order valence-electron chi connectivity index (χ1n) is 10.8. The van der Waals surface area contributed by atoms with Crippen LogP contribution in [0.25, 0.3) is 0 Å². The summed E-state index contributed by atoms with van der Waals surface area (Å²) in [6, 6.07) is -5.21. The molecule has 0 radical (unpaired) electrons. The van der Waals surface area contributed by atoms with Crippen molar-refractivity contribution in [2.45, 2.75) is 62.7 Å². The van der Waals surface area contributed by atoms with E-state index in [1.807, 2.05) is 0 Å². The smallest absolute Gasteiger partial charge is 0.326 e. The first-order chi connectivity index (χ1) is 16.8. The van der Waals surface area contributed by atoms with Gasteiger partial charge >= 0.3 is 11.9 Å². The van der Waals surface area contributed by atoms with Crippen LogP contribution in [0.5, 0.6) is 0 Å².